The van der Waals surface area contributed by atoms with Crippen LogP contribution in [0.4, 0.5) is 0 Å². The van der Waals surface area contributed by atoms with E-state index in [2.05, 4.69) is 22.1 Å². The first-order chi connectivity index (χ1) is 7.36. The molecule has 1 aromatic rings. The van der Waals surface area contributed by atoms with Gasteiger partial charge in [-0.1, -0.05) is 6.42 Å². The summed E-state index contributed by atoms with van der Waals surface area (Å²) < 4.78 is 0. The molecule has 82 valence electrons. The third-order valence-electron chi connectivity index (χ3n) is 3.01. The number of carbonyl (C=O) groups is 1. The van der Waals surface area contributed by atoms with Gasteiger partial charge in [0, 0.05) is 12.5 Å². The number of thiophene rings is 1. The van der Waals surface area contributed by atoms with Gasteiger partial charge < -0.3 is 5.32 Å². The average Bonchev–Trinajstić information content (AvgIpc) is 2.67. The summed E-state index contributed by atoms with van der Waals surface area (Å²) in [6.45, 7) is 0.869. The quantitative estimate of drug-likeness (QED) is 0.838. The van der Waals surface area contributed by atoms with E-state index >= 15 is 0 Å². The smallest absolute Gasteiger partial charge is 0.223 e. The topological polar surface area (TPSA) is 29.1 Å². The van der Waals surface area contributed by atoms with Gasteiger partial charge in [0.2, 0.25) is 5.91 Å². The lowest BCUT2D eigenvalue weighted by molar-refractivity contribution is -0.124. The largest absolute Gasteiger partial charge is 0.356 e. The normalized spacial score (nSPS) is 22.1. The molecule has 2 rings (SSSR count). The predicted molar refractivity (Wildman–Crippen MR) is 63.0 cm³/mol. The molecule has 15 heavy (non-hydrogen) atoms. The Bertz CT molecular complexity index is 307. The molecular weight excluding hydrogens is 206 g/mol. The average molecular weight is 223 g/mol. The summed E-state index contributed by atoms with van der Waals surface area (Å²) in [5.41, 5.74) is 1.37. The van der Waals surface area contributed by atoms with Crippen molar-refractivity contribution in [1.82, 2.24) is 5.32 Å². The van der Waals surface area contributed by atoms with Crippen molar-refractivity contribution >= 4 is 17.2 Å². The lowest BCUT2D eigenvalue weighted by atomic mass is 9.95. The minimum atomic E-state index is 0.243. The molecule has 0 saturated carbocycles. The van der Waals surface area contributed by atoms with E-state index in [9.17, 15) is 4.79 Å². The lowest BCUT2D eigenvalue weighted by Crippen LogP contribution is -2.29. The number of rotatable bonds is 3. The minimum absolute atomic E-state index is 0.243. The third kappa shape index (κ3) is 3.06. The van der Waals surface area contributed by atoms with Gasteiger partial charge in [-0.25, -0.2) is 0 Å². The van der Waals surface area contributed by atoms with E-state index in [0.717, 1.165) is 32.2 Å². The fourth-order valence-electron chi connectivity index (χ4n) is 2.05. The van der Waals surface area contributed by atoms with Crippen LogP contribution in [-0.4, -0.2) is 12.5 Å². The Balaban J connectivity index is 1.84. The Morgan fingerprint density at radius 3 is 3.20 bits per heavy atom. The minimum Gasteiger partial charge on any atom is -0.356 e. The van der Waals surface area contributed by atoms with E-state index in [4.69, 9.17) is 0 Å². The van der Waals surface area contributed by atoms with Crippen LogP contribution in [0.25, 0.3) is 0 Å². The van der Waals surface area contributed by atoms with E-state index in [1.807, 2.05) is 0 Å². The molecular formula is C12H17NOS. The second-order valence-corrected chi connectivity index (χ2v) is 4.93. The summed E-state index contributed by atoms with van der Waals surface area (Å²) in [5, 5.41) is 7.26. The highest BCUT2D eigenvalue weighted by molar-refractivity contribution is 7.07. The second-order valence-electron chi connectivity index (χ2n) is 4.15. The van der Waals surface area contributed by atoms with Gasteiger partial charge in [-0.05, 0) is 48.1 Å². The number of nitrogens with one attached hydrogen (secondary N) is 1. The molecule has 1 fully saturated rings. The summed E-state index contributed by atoms with van der Waals surface area (Å²) in [6.07, 6.45) is 5.44. The number of aryl methyl sites for hydroxylation is 1. The first-order valence-corrected chi connectivity index (χ1v) is 6.59. The van der Waals surface area contributed by atoms with E-state index in [1.54, 1.807) is 11.3 Å². The van der Waals surface area contributed by atoms with Gasteiger partial charge >= 0.3 is 0 Å². The van der Waals surface area contributed by atoms with Gasteiger partial charge in [-0.2, -0.15) is 11.3 Å². The molecule has 0 spiro atoms. The highest BCUT2D eigenvalue weighted by Crippen LogP contribution is 2.19. The molecule has 0 bridgehead atoms. The Morgan fingerprint density at radius 1 is 1.47 bits per heavy atom. The Kier molecular flexibility index (Phi) is 3.78. The Morgan fingerprint density at radius 2 is 2.40 bits per heavy atom. The maximum absolute atomic E-state index is 11.7. The summed E-state index contributed by atoms with van der Waals surface area (Å²) >= 11 is 1.73. The first-order valence-electron chi connectivity index (χ1n) is 5.65. The Labute approximate surface area is 94.7 Å². The van der Waals surface area contributed by atoms with Crippen LogP contribution < -0.4 is 5.32 Å². The number of hydrogen-bond donors (Lipinski definition) is 1. The molecule has 1 aliphatic rings. The molecule has 1 atom stereocenters. The number of hydrogen-bond acceptors (Lipinski definition) is 2. The van der Waals surface area contributed by atoms with Crippen LogP contribution >= 0.6 is 11.3 Å². The molecule has 1 amide bonds. The van der Waals surface area contributed by atoms with Crippen molar-refractivity contribution < 1.29 is 4.79 Å². The van der Waals surface area contributed by atoms with E-state index in [0.29, 0.717) is 0 Å². The summed E-state index contributed by atoms with van der Waals surface area (Å²) in [6, 6.07) is 2.15. The van der Waals surface area contributed by atoms with Crippen LogP contribution in [-0.2, 0) is 11.2 Å². The van der Waals surface area contributed by atoms with Gasteiger partial charge in [-0.15, -0.1) is 0 Å². The molecule has 1 N–H and O–H groups in total. The van der Waals surface area contributed by atoms with Crippen LogP contribution in [0.3, 0.4) is 0 Å². The van der Waals surface area contributed by atoms with Crippen LogP contribution in [0.1, 0.15) is 31.2 Å². The van der Waals surface area contributed by atoms with Crippen LogP contribution in [0.2, 0.25) is 0 Å². The van der Waals surface area contributed by atoms with Crippen molar-refractivity contribution in [1.29, 1.82) is 0 Å². The molecule has 3 heteroatoms. The van der Waals surface area contributed by atoms with Crippen molar-refractivity contribution in [2.75, 3.05) is 6.54 Å². The highest BCUT2D eigenvalue weighted by Gasteiger charge is 2.19. The Hall–Kier alpha value is -0.830. The zero-order valence-electron chi connectivity index (χ0n) is 8.87. The van der Waals surface area contributed by atoms with Gasteiger partial charge in [0.25, 0.3) is 0 Å². The van der Waals surface area contributed by atoms with E-state index in [1.165, 1.54) is 12.0 Å². The summed E-state index contributed by atoms with van der Waals surface area (Å²) in [7, 11) is 0. The van der Waals surface area contributed by atoms with Crippen LogP contribution in [0.5, 0.6) is 0 Å². The molecule has 1 aromatic heterocycles. The molecule has 0 aliphatic carbocycles. The maximum atomic E-state index is 11.7. The van der Waals surface area contributed by atoms with Gasteiger partial charge in [0.1, 0.15) is 0 Å². The maximum Gasteiger partial charge on any atom is 0.223 e. The molecule has 0 aromatic carbocycles. The van der Waals surface area contributed by atoms with Crippen molar-refractivity contribution in [2.45, 2.75) is 32.1 Å². The lowest BCUT2D eigenvalue weighted by Gasteiger charge is -2.11. The summed E-state index contributed by atoms with van der Waals surface area (Å²) in [4.78, 5) is 11.7. The van der Waals surface area contributed by atoms with E-state index < -0.39 is 0 Å². The molecule has 1 unspecified atom stereocenters. The number of amides is 1. The first kappa shape index (κ1) is 10.7. The predicted octanol–water partition coefficient (Wildman–Crippen LogP) is 2.60. The monoisotopic (exact) mass is 223 g/mol. The van der Waals surface area contributed by atoms with Crippen LogP contribution in [0.15, 0.2) is 16.8 Å². The van der Waals surface area contributed by atoms with Gasteiger partial charge in [0.15, 0.2) is 0 Å². The zero-order chi connectivity index (χ0) is 10.5. The number of carbonyl (C=O) groups excluding carboxylic acids is 1. The second kappa shape index (κ2) is 5.31. The van der Waals surface area contributed by atoms with Gasteiger partial charge in [-0.3, -0.25) is 4.79 Å². The van der Waals surface area contributed by atoms with Crippen molar-refractivity contribution in [3.63, 3.8) is 0 Å². The zero-order valence-corrected chi connectivity index (χ0v) is 9.69. The standard InChI is InChI=1S/C12H17NOS/c14-12-11(3-1-2-7-13-12)5-4-10-6-8-15-9-10/h6,8-9,11H,1-5,7H2,(H,13,14). The molecule has 1 aliphatic heterocycles. The van der Waals surface area contributed by atoms with Crippen LogP contribution in [0, 0.1) is 5.92 Å². The van der Waals surface area contributed by atoms with Crippen molar-refractivity contribution in [2.24, 2.45) is 5.92 Å². The summed E-state index contributed by atoms with van der Waals surface area (Å²) in [5.74, 6) is 0.509. The third-order valence-corrected chi connectivity index (χ3v) is 3.74. The molecule has 0 radical (unpaired) electrons. The molecule has 2 heterocycles. The van der Waals surface area contributed by atoms with E-state index in [-0.39, 0.29) is 11.8 Å². The molecule has 2 nitrogen and oxygen atoms in total. The van der Waals surface area contributed by atoms with Crippen molar-refractivity contribution in [3.8, 4) is 0 Å². The fourth-order valence-corrected chi connectivity index (χ4v) is 2.76. The SMILES string of the molecule is O=C1NCCCCC1CCc1ccsc1. The van der Waals surface area contributed by atoms with Gasteiger partial charge in [0.05, 0.1) is 0 Å². The molecule has 1 saturated heterocycles. The highest BCUT2D eigenvalue weighted by atomic mass is 32.1. The van der Waals surface area contributed by atoms with Crippen molar-refractivity contribution in [3.05, 3.63) is 22.4 Å². The fraction of sp³-hybridized carbons (Fsp3) is 0.583.